The molecule has 2 fully saturated rings. The van der Waals surface area contributed by atoms with E-state index in [2.05, 4.69) is 23.6 Å². The largest absolute Gasteiger partial charge is 0.453 e. The van der Waals surface area contributed by atoms with Gasteiger partial charge in [-0.2, -0.15) is 0 Å². The van der Waals surface area contributed by atoms with Crippen LogP contribution in [0.1, 0.15) is 49.4 Å². The molecule has 5 nitrogen and oxygen atoms in total. The number of fused-ring (bicyclic) bond motifs is 1. The number of amides is 1. The van der Waals surface area contributed by atoms with Crippen LogP contribution in [0, 0.1) is 11.8 Å². The van der Waals surface area contributed by atoms with Gasteiger partial charge >= 0.3 is 0 Å². The van der Waals surface area contributed by atoms with Crippen LogP contribution in [0.15, 0.2) is 16.5 Å². The molecule has 0 aliphatic carbocycles. The van der Waals surface area contributed by atoms with Crippen molar-refractivity contribution in [3.63, 3.8) is 0 Å². The number of carbonyl (C=O) groups is 1. The minimum Gasteiger partial charge on any atom is -0.453 e. The molecule has 134 valence electrons. The number of rotatable bonds is 5. The Morgan fingerprint density at radius 2 is 2.17 bits per heavy atom. The third-order valence-corrected chi connectivity index (χ3v) is 5.20. The van der Waals surface area contributed by atoms with Crippen LogP contribution in [0.25, 0.3) is 0 Å². The second kappa shape index (κ2) is 7.70. The van der Waals surface area contributed by atoms with Crippen molar-refractivity contribution in [2.24, 2.45) is 11.8 Å². The topological polar surface area (TPSA) is 45.9 Å². The van der Waals surface area contributed by atoms with E-state index in [1.807, 2.05) is 6.07 Å². The van der Waals surface area contributed by atoms with Crippen molar-refractivity contribution in [1.82, 2.24) is 9.80 Å². The number of methoxy groups -OCH3 is 1. The lowest BCUT2D eigenvalue weighted by Gasteiger charge is -2.47. The lowest BCUT2D eigenvalue weighted by atomic mass is 9.83. The maximum Gasteiger partial charge on any atom is 0.289 e. The third kappa shape index (κ3) is 3.83. The number of piperidine rings is 2. The first-order valence-electron chi connectivity index (χ1n) is 9.19. The van der Waals surface area contributed by atoms with Crippen LogP contribution in [0.5, 0.6) is 0 Å². The van der Waals surface area contributed by atoms with Crippen molar-refractivity contribution in [2.75, 3.05) is 33.3 Å². The van der Waals surface area contributed by atoms with Crippen LogP contribution in [0.3, 0.4) is 0 Å². The molecule has 2 aliphatic rings. The molecule has 0 unspecified atom stereocenters. The maximum absolute atomic E-state index is 12.9. The van der Waals surface area contributed by atoms with Crippen molar-refractivity contribution in [1.29, 1.82) is 0 Å². The highest BCUT2D eigenvalue weighted by atomic mass is 16.5. The van der Waals surface area contributed by atoms with E-state index in [1.54, 1.807) is 13.2 Å². The average molecular weight is 334 g/mol. The van der Waals surface area contributed by atoms with E-state index in [9.17, 15) is 4.79 Å². The van der Waals surface area contributed by atoms with Gasteiger partial charge in [-0.05, 0) is 43.2 Å². The van der Waals surface area contributed by atoms with Crippen molar-refractivity contribution in [3.8, 4) is 0 Å². The first-order valence-corrected chi connectivity index (χ1v) is 9.19. The summed E-state index contributed by atoms with van der Waals surface area (Å²) in [5.41, 5.74) is 0. The number of likely N-dealkylation sites (tertiary alicyclic amines) is 2. The Balaban J connectivity index is 1.66. The third-order valence-electron chi connectivity index (χ3n) is 5.20. The van der Waals surface area contributed by atoms with Gasteiger partial charge in [0.25, 0.3) is 5.91 Å². The molecular weight excluding hydrogens is 304 g/mol. The first kappa shape index (κ1) is 17.5. The lowest BCUT2D eigenvalue weighted by molar-refractivity contribution is 0.0156. The molecule has 24 heavy (non-hydrogen) atoms. The zero-order valence-electron chi connectivity index (χ0n) is 15.2. The van der Waals surface area contributed by atoms with Gasteiger partial charge < -0.3 is 19.0 Å². The van der Waals surface area contributed by atoms with Gasteiger partial charge in [0.15, 0.2) is 5.76 Å². The molecule has 1 aromatic heterocycles. The van der Waals surface area contributed by atoms with Crippen LogP contribution in [-0.2, 0) is 11.3 Å². The van der Waals surface area contributed by atoms with Crippen LogP contribution in [-0.4, -0.2) is 55.0 Å². The predicted molar refractivity (Wildman–Crippen MR) is 92.9 cm³/mol. The summed E-state index contributed by atoms with van der Waals surface area (Å²) in [6, 6.07) is 3.99. The van der Waals surface area contributed by atoms with E-state index in [-0.39, 0.29) is 5.91 Å². The van der Waals surface area contributed by atoms with E-state index < -0.39 is 0 Å². The standard InChI is InChI=1S/C19H30N2O3/c1-14(2)11-20-10-8-17-15(12-20)5-4-9-21(17)19(22)18-7-6-16(24-18)13-23-3/h6-7,14-15,17H,4-5,8-13H2,1-3H3/t15-,17+/m0/s1. The molecule has 3 rings (SSSR count). The summed E-state index contributed by atoms with van der Waals surface area (Å²) >= 11 is 0. The van der Waals surface area contributed by atoms with Crippen molar-refractivity contribution >= 4 is 5.91 Å². The normalized spacial score (nSPS) is 25.1. The molecular formula is C19H30N2O3. The van der Waals surface area contributed by atoms with E-state index in [0.29, 0.717) is 36.0 Å². The van der Waals surface area contributed by atoms with Gasteiger partial charge in [0, 0.05) is 39.3 Å². The van der Waals surface area contributed by atoms with Crippen molar-refractivity contribution < 1.29 is 13.9 Å². The number of ether oxygens (including phenoxy) is 1. The summed E-state index contributed by atoms with van der Waals surface area (Å²) in [5, 5.41) is 0. The highest BCUT2D eigenvalue weighted by molar-refractivity contribution is 5.91. The Hall–Kier alpha value is -1.33. The monoisotopic (exact) mass is 334 g/mol. The van der Waals surface area contributed by atoms with Crippen molar-refractivity contribution in [3.05, 3.63) is 23.7 Å². The van der Waals surface area contributed by atoms with Gasteiger partial charge in [0.2, 0.25) is 0 Å². The molecule has 0 saturated carbocycles. The summed E-state index contributed by atoms with van der Waals surface area (Å²) < 4.78 is 10.7. The van der Waals surface area contributed by atoms with E-state index in [4.69, 9.17) is 9.15 Å². The molecule has 3 heterocycles. The predicted octanol–water partition coefficient (Wildman–Crippen LogP) is 3.01. The fourth-order valence-electron chi connectivity index (χ4n) is 4.27. The second-order valence-electron chi connectivity index (χ2n) is 7.61. The van der Waals surface area contributed by atoms with Gasteiger partial charge in [-0.25, -0.2) is 0 Å². The molecule has 2 aliphatic heterocycles. The minimum absolute atomic E-state index is 0.0457. The summed E-state index contributed by atoms with van der Waals surface area (Å²) in [6.45, 7) is 9.19. The highest BCUT2D eigenvalue weighted by Crippen LogP contribution is 2.32. The van der Waals surface area contributed by atoms with E-state index in [1.165, 1.54) is 6.42 Å². The zero-order valence-corrected chi connectivity index (χ0v) is 15.2. The molecule has 1 aromatic rings. The molecule has 1 amide bonds. The molecule has 5 heteroatoms. The molecule has 2 atom stereocenters. The van der Waals surface area contributed by atoms with Crippen molar-refractivity contribution in [2.45, 2.75) is 45.8 Å². The first-order chi connectivity index (χ1) is 11.6. The van der Waals surface area contributed by atoms with Crippen LogP contribution < -0.4 is 0 Å². The molecule has 0 radical (unpaired) electrons. The lowest BCUT2D eigenvalue weighted by Crippen LogP contribution is -2.56. The fourth-order valence-corrected chi connectivity index (χ4v) is 4.27. The maximum atomic E-state index is 12.9. The number of hydrogen-bond acceptors (Lipinski definition) is 4. The Kier molecular flexibility index (Phi) is 5.61. The highest BCUT2D eigenvalue weighted by Gasteiger charge is 2.39. The number of carbonyl (C=O) groups excluding carboxylic acids is 1. The molecule has 0 bridgehead atoms. The molecule has 0 N–H and O–H groups in total. The molecule has 2 saturated heterocycles. The number of hydrogen-bond donors (Lipinski definition) is 0. The van der Waals surface area contributed by atoms with Crippen LogP contribution >= 0.6 is 0 Å². The van der Waals surface area contributed by atoms with E-state index >= 15 is 0 Å². The van der Waals surface area contributed by atoms with Gasteiger partial charge in [0.1, 0.15) is 12.4 Å². The summed E-state index contributed by atoms with van der Waals surface area (Å²) in [6.07, 6.45) is 3.40. The minimum atomic E-state index is 0.0457. The fraction of sp³-hybridized carbons (Fsp3) is 0.737. The van der Waals surface area contributed by atoms with Gasteiger partial charge in [-0.15, -0.1) is 0 Å². The SMILES string of the molecule is COCc1ccc(C(=O)N2CCC[C@H]3CN(CC(C)C)CC[C@H]32)o1. The molecule has 0 aromatic carbocycles. The Bertz CT molecular complexity index is 555. The Morgan fingerprint density at radius 1 is 1.33 bits per heavy atom. The number of furan rings is 1. The van der Waals surface area contributed by atoms with Gasteiger partial charge in [0.05, 0.1) is 0 Å². The Labute approximate surface area is 144 Å². The zero-order chi connectivity index (χ0) is 17.1. The molecule has 0 spiro atoms. The van der Waals surface area contributed by atoms with Crippen LogP contribution in [0.2, 0.25) is 0 Å². The smallest absolute Gasteiger partial charge is 0.289 e. The summed E-state index contributed by atoms with van der Waals surface area (Å²) in [7, 11) is 1.63. The van der Waals surface area contributed by atoms with E-state index in [0.717, 1.165) is 39.0 Å². The average Bonchev–Trinajstić information content (AvgIpc) is 3.02. The van der Waals surface area contributed by atoms with Gasteiger partial charge in [-0.1, -0.05) is 13.8 Å². The summed E-state index contributed by atoms with van der Waals surface area (Å²) in [5.74, 6) is 2.51. The van der Waals surface area contributed by atoms with Gasteiger partial charge in [-0.3, -0.25) is 4.79 Å². The Morgan fingerprint density at radius 3 is 2.92 bits per heavy atom. The summed E-state index contributed by atoms with van der Waals surface area (Å²) in [4.78, 5) is 17.5. The second-order valence-corrected chi connectivity index (χ2v) is 7.61. The number of nitrogens with zero attached hydrogens (tertiary/aromatic N) is 2. The van der Waals surface area contributed by atoms with Crippen LogP contribution in [0.4, 0.5) is 0 Å². The quantitative estimate of drug-likeness (QED) is 0.830.